The fourth-order valence-corrected chi connectivity index (χ4v) is 4.98. The van der Waals surface area contributed by atoms with E-state index in [0.717, 1.165) is 4.90 Å². The Morgan fingerprint density at radius 2 is 1.67 bits per heavy atom. The van der Waals surface area contributed by atoms with Gasteiger partial charge in [0.1, 0.15) is 4.33 Å². The summed E-state index contributed by atoms with van der Waals surface area (Å²) in [6.07, 6.45) is -5.56. The Morgan fingerprint density at radius 3 is 2.24 bits per heavy atom. The van der Waals surface area contributed by atoms with Crippen LogP contribution in [0.4, 0.5) is 18.9 Å². The lowest BCUT2D eigenvalue weighted by atomic mass is 10.1. The van der Waals surface area contributed by atoms with Crippen molar-refractivity contribution >= 4 is 75.5 Å². The molecule has 0 aromatic heterocycles. The summed E-state index contributed by atoms with van der Waals surface area (Å²) in [7, 11) is 1.23. The van der Waals surface area contributed by atoms with Crippen LogP contribution in [0.2, 0.25) is 15.1 Å². The Hall–Kier alpha value is -1.38. The van der Waals surface area contributed by atoms with Crippen LogP contribution < -0.4 is 5.32 Å². The van der Waals surface area contributed by atoms with Gasteiger partial charge in [0.2, 0.25) is 5.91 Å². The maximum atomic E-state index is 12.9. The Morgan fingerprint density at radius 1 is 1.06 bits per heavy atom. The van der Waals surface area contributed by atoms with Crippen molar-refractivity contribution in [3.63, 3.8) is 0 Å². The van der Waals surface area contributed by atoms with Gasteiger partial charge in [-0.05, 0) is 42.0 Å². The Bertz CT molecular complexity index is 1070. The highest BCUT2D eigenvalue weighted by molar-refractivity contribution is 6.53. The molecular weight excluding hydrogens is 547 g/mol. The van der Waals surface area contributed by atoms with Crippen molar-refractivity contribution in [2.45, 2.75) is 22.8 Å². The van der Waals surface area contributed by atoms with Crippen molar-refractivity contribution in [1.29, 1.82) is 0 Å². The molecule has 1 fully saturated rings. The molecule has 178 valence electrons. The van der Waals surface area contributed by atoms with E-state index in [9.17, 15) is 22.8 Å². The second kappa shape index (κ2) is 9.70. The predicted molar refractivity (Wildman–Crippen MR) is 125 cm³/mol. The van der Waals surface area contributed by atoms with Crippen LogP contribution in [0.15, 0.2) is 36.4 Å². The smallest absolute Gasteiger partial charge is 0.341 e. The third-order valence-electron chi connectivity index (χ3n) is 5.12. The van der Waals surface area contributed by atoms with E-state index in [1.54, 1.807) is 12.1 Å². The second-order valence-electron chi connectivity index (χ2n) is 7.61. The number of amides is 2. The molecule has 2 aromatic rings. The van der Waals surface area contributed by atoms with Crippen molar-refractivity contribution in [3.05, 3.63) is 62.6 Å². The van der Waals surface area contributed by atoms with E-state index in [2.05, 4.69) is 5.32 Å². The first-order chi connectivity index (χ1) is 15.2. The Labute approximate surface area is 212 Å². The van der Waals surface area contributed by atoms with Crippen LogP contribution in [-0.4, -0.2) is 40.8 Å². The predicted octanol–water partition coefficient (Wildman–Crippen LogP) is 7.20. The molecule has 3 rings (SSSR count). The van der Waals surface area contributed by atoms with Crippen LogP contribution in [0.25, 0.3) is 0 Å². The van der Waals surface area contributed by atoms with Gasteiger partial charge in [-0.3, -0.25) is 9.59 Å². The van der Waals surface area contributed by atoms with Crippen molar-refractivity contribution in [2.75, 3.05) is 18.9 Å². The van der Waals surface area contributed by atoms with Gasteiger partial charge in [-0.1, -0.05) is 34.8 Å². The normalized spacial score (nSPS) is 19.2. The molecular formula is C21H16Cl5F3N2O2. The lowest BCUT2D eigenvalue weighted by molar-refractivity contribution is -0.136. The van der Waals surface area contributed by atoms with Crippen LogP contribution in [0.1, 0.15) is 28.3 Å². The highest BCUT2D eigenvalue weighted by atomic mass is 35.5. The van der Waals surface area contributed by atoms with Gasteiger partial charge in [0.05, 0.1) is 22.9 Å². The molecule has 0 saturated heterocycles. The van der Waals surface area contributed by atoms with Crippen molar-refractivity contribution in [2.24, 2.45) is 5.92 Å². The lowest BCUT2D eigenvalue weighted by Gasteiger charge is -2.19. The monoisotopic (exact) mass is 560 g/mol. The lowest BCUT2D eigenvalue weighted by Crippen LogP contribution is -2.30. The Balaban J connectivity index is 1.75. The number of nitrogens with zero attached hydrogens (tertiary/aromatic N) is 1. The molecule has 2 atom stereocenters. The second-order valence-corrected chi connectivity index (χ2v) is 10.3. The molecule has 33 heavy (non-hydrogen) atoms. The SMILES string of the molecule is CN(CCC(F)(F)F)C(=O)c1cc(NC(=O)[C@@H]2[C@@H](c3cc(Cl)cc(Cl)c3)C2(Cl)Cl)ccc1Cl. The van der Waals surface area contributed by atoms with Gasteiger partial charge < -0.3 is 10.2 Å². The van der Waals surface area contributed by atoms with E-state index in [4.69, 9.17) is 58.0 Å². The summed E-state index contributed by atoms with van der Waals surface area (Å²) in [6.45, 7) is -0.539. The fourth-order valence-electron chi connectivity index (χ4n) is 3.41. The van der Waals surface area contributed by atoms with Crippen LogP contribution in [0.5, 0.6) is 0 Å². The number of halogens is 8. The molecule has 0 bridgehead atoms. The first kappa shape index (κ1) is 26.2. The zero-order valence-electron chi connectivity index (χ0n) is 16.8. The van der Waals surface area contributed by atoms with E-state index in [1.807, 2.05) is 0 Å². The first-order valence-corrected chi connectivity index (χ1v) is 11.4. The molecule has 2 amide bonds. The summed E-state index contributed by atoms with van der Waals surface area (Å²) in [5.41, 5.74) is 0.739. The maximum Gasteiger partial charge on any atom is 0.390 e. The average molecular weight is 563 g/mol. The molecule has 0 heterocycles. The number of rotatable bonds is 6. The van der Waals surface area contributed by atoms with Gasteiger partial charge in [0.25, 0.3) is 5.91 Å². The fraction of sp³-hybridized carbons (Fsp3) is 0.333. The third kappa shape index (κ3) is 6.20. The number of benzene rings is 2. The molecule has 1 aliphatic rings. The minimum Gasteiger partial charge on any atom is -0.341 e. The molecule has 0 unspecified atom stereocenters. The largest absolute Gasteiger partial charge is 0.390 e. The molecule has 0 radical (unpaired) electrons. The van der Waals surface area contributed by atoms with Gasteiger partial charge in [-0.2, -0.15) is 13.2 Å². The summed E-state index contributed by atoms with van der Waals surface area (Å²) in [5, 5.41) is 3.38. The third-order valence-corrected chi connectivity index (χ3v) is 6.83. The topological polar surface area (TPSA) is 49.4 Å². The van der Waals surface area contributed by atoms with Gasteiger partial charge >= 0.3 is 6.18 Å². The number of hydrogen-bond acceptors (Lipinski definition) is 2. The molecule has 1 aliphatic carbocycles. The summed E-state index contributed by atoms with van der Waals surface area (Å²) in [5.74, 6) is -2.65. The first-order valence-electron chi connectivity index (χ1n) is 9.47. The minimum absolute atomic E-state index is 0.0266. The van der Waals surface area contributed by atoms with E-state index < -0.39 is 47.1 Å². The zero-order chi connectivity index (χ0) is 24.7. The Kier molecular flexibility index (Phi) is 7.71. The molecule has 2 aromatic carbocycles. The van der Waals surface area contributed by atoms with Crippen LogP contribution in [-0.2, 0) is 4.79 Å². The van der Waals surface area contributed by atoms with Crippen molar-refractivity contribution in [1.82, 2.24) is 4.90 Å². The van der Waals surface area contributed by atoms with E-state index in [-0.39, 0.29) is 16.3 Å². The quantitative estimate of drug-likeness (QED) is 0.379. The van der Waals surface area contributed by atoms with Crippen LogP contribution >= 0.6 is 58.0 Å². The van der Waals surface area contributed by atoms with E-state index in [0.29, 0.717) is 15.6 Å². The molecule has 1 saturated carbocycles. The molecule has 12 heteroatoms. The average Bonchev–Trinajstić information content (AvgIpc) is 3.28. The molecule has 0 aliphatic heterocycles. The number of hydrogen-bond donors (Lipinski definition) is 1. The van der Waals surface area contributed by atoms with E-state index >= 15 is 0 Å². The number of alkyl halides is 5. The minimum atomic E-state index is -4.40. The summed E-state index contributed by atoms with van der Waals surface area (Å²) >= 11 is 30.8. The number of carbonyl (C=O) groups is 2. The summed E-state index contributed by atoms with van der Waals surface area (Å²) in [6, 6.07) is 8.85. The highest BCUT2D eigenvalue weighted by Crippen LogP contribution is 2.65. The van der Waals surface area contributed by atoms with Crippen LogP contribution in [0.3, 0.4) is 0 Å². The number of nitrogens with one attached hydrogen (secondary N) is 1. The standard InChI is InChI=1S/C21H16Cl5F3N2O2/c1-31(5-4-20(27,28)29)19(33)14-9-13(2-3-15(14)24)30-18(32)17-16(21(17,25)26)10-6-11(22)8-12(23)7-10/h2-3,6-9,16-17H,4-5H2,1H3,(H,30,32)/t16-,17+/m1/s1. The zero-order valence-corrected chi connectivity index (χ0v) is 20.6. The summed E-state index contributed by atoms with van der Waals surface area (Å²) in [4.78, 5) is 26.3. The van der Waals surface area contributed by atoms with Gasteiger partial charge in [0.15, 0.2) is 0 Å². The molecule has 0 spiro atoms. The van der Waals surface area contributed by atoms with Gasteiger partial charge in [-0.15, -0.1) is 23.2 Å². The van der Waals surface area contributed by atoms with Crippen LogP contribution in [0, 0.1) is 5.92 Å². The van der Waals surface area contributed by atoms with E-state index in [1.165, 1.54) is 31.3 Å². The van der Waals surface area contributed by atoms with Crippen molar-refractivity contribution < 1.29 is 22.8 Å². The number of carbonyl (C=O) groups excluding carboxylic acids is 2. The van der Waals surface area contributed by atoms with Crippen molar-refractivity contribution in [3.8, 4) is 0 Å². The van der Waals surface area contributed by atoms with Gasteiger partial charge in [-0.25, -0.2) is 0 Å². The highest BCUT2D eigenvalue weighted by Gasteiger charge is 2.67. The molecule has 1 N–H and O–H groups in total. The molecule has 4 nitrogen and oxygen atoms in total. The summed E-state index contributed by atoms with van der Waals surface area (Å²) < 4.78 is 36.0. The maximum absolute atomic E-state index is 12.9. The van der Waals surface area contributed by atoms with Gasteiger partial charge in [0, 0.05) is 35.2 Å². The number of anilines is 1.